The second-order valence-corrected chi connectivity index (χ2v) is 4.94. The van der Waals surface area contributed by atoms with Gasteiger partial charge in [-0.1, -0.05) is 6.92 Å². The quantitative estimate of drug-likeness (QED) is 0.788. The fourth-order valence-electron chi connectivity index (χ4n) is 2.23. The van der Waals surface area contributed by atoms with Crippen LogP contribution in [0.1, 0.15) is 30.4 Å². The van der Waals surface area contributed by atoms with Crippen molar-refractivity contribution >= 4 is 0 Å². The van der Waals surface area contributed by atoms with Gasteiger partial charge in [0.2, 0.25) is 0 Å². The highest BCUT2D eigenvalue weighted by atomic mass is 16.5. The number of aryl methyl sites for hydroxylation is 1. The summed E-state index contributed by atoms with van der Waals surface area (Å²) in [5.41, 5.74) is 3.28. The zero-order valence-electron chi connectivity index (χ0n) is 12.5. The lowest BCUT2D eigenvalue weighted by molar-refractivity contribution is 0.412. The third-order valence-electron chi connectivity index (χ3n) is 3.20. The van der Waals surface area contributed by atoms with Crippen LogP contribution in [0.15, 0.2) is 30.5 Å². The van der Waals surface area contributed by atoms with Crippen molar-refractivity contribution in [3.63, 3.8) is 0 Å². The van der Waals surface area contributed by atoms with E-state index in [4.69, 9.17) is 4.74 Å². The highest BCUT2D eigenvalue weighted by Crippen LogP contribution is 2.15. The van der Waals surface area contributed by atoms with Gasteiger partial charge in [0.1, 0.15) is 5.75 Å². The Morgan fingerprint density at radius 3 is 2.95 bits per heavy atom. The molecule has 0 saturated heterocycles. The predicted octanol–water partition coefficient (Wildman–Crippen LogP) is 2.75. The van der Waals surface area contributed by atoms with Crippen LogP contribution < -0.4 is 10.1 Å². The summed E-state index contributed by atoms with van der Waals surface area (Å²) in [5.74, 6) is 0.866. The molecule has 0 spiro atoms. The van der Waals surface area contributed by atoms with Crippen LogP contribution >= 0.6 is 0 Å². The molecule has 2 aromatic heterocycles. The molecule has 0 aromatic carbocycles. The molecule has 0 amide bonds. The van der Waals surface area contributed by atoms with Gasteiger partial charge in [-0.15, -0.1) is 0 Å². The number of hydrogen-bond acceptors (Lipinski definition) is 3. The van der Waals surface area contributed by atoms with Crippen LogP contribution in [-0.4, -0.2) is 23.2 Å². The Labute approximate surface area is 120 Å². The van der Waals surface area contributed by atoms with Gasteiger partial charge in [0, 0.05) is 36.3 Å². The van der Waals surface area contributed by atoms with Gasteiger partial charge in [-0.3, -0.25) is 4.98 Å². The summed E-state index contributed by atoms with van der Waals surface area (Å²) in [7, 11) is 1.69. The van der Waals surface area contributed by atoms with Crippen LogP contribution in [0, 0.1) is 6.92 Å². The zero-order valence-corrected chi connectivity index (χ0v) is 12.5. The maximum Gasteiger partial charge on any atom is 0.122 e. The van der Waals surface area contributed by atoms with Gasteiger partial charge in [-0.2, -0.15) is 0 Å². The van der Waals surface area contributed by atoms with E-state index in [9.17, 15) is 0 Å². The average molecular weight is 273 g/mol. The Morgan fingerprint density at radius 1 is 1.35 bits per heavy atom. The lowest BCUT2D eigenvalue weighted by atomic mass is 10.3. The van der Waals surface area contributed by atoms with Gasteiger partial charge in [-0.05, 0) is 32.0 Å². The van der Waals surface area contributed by atoms with Gasteiger partial charge in [-0.25, -0.2) is 0 Å². The maximum atomic E-state index is 5.30. The van der Waals surface area contributed by atoms with Crippen molar-refractivity contribution in [1.82, 2.24) is 14.9 Å². The number of nitrogens with zero attached hydrogens (tertiary/aromatic N) is 2. The van der Waals surface area contributed by atoms with Crippen LogP contribution in [0.25, 0.3) is 0 Å². The first kappa shape index (κ1) is 14.6. The Hall–Kier alpha value is -1.81. The lowest BCUT2D eigenvalue weighted by Crippen LogP contribution is -2.17. The second kappa shape index (κ2) is 7.10. The van der Waals surface area contributed by atoms with Crippen LogP contribution in [-0.2, 0) is 13.1 Å². The van der Waals surface area contributed by atoms with E-state index in [0.29, 0.717) is 0 Å². The predicted molar refractivity (Wildman–Crippen MR) is 81.1 cm³/mol. The molecular formula is C16H23N3O. The zero-order chi connectivity index (χ0) is 14.4. The van der Waals surface area contributed by atoms with Gasteiger partial charge >= 0.3 is 0 Å². The molecular weight excluding hydrogens is 250 g/mol. The maximum absolute atomic E-state index is 5.30. The van der Waals surface area contributed by atoms with Crippen LogP contribution in [0.5, 0.6) is 5.75 Å². The number of ether oxygens (including phenoxy) is 1. The number of hydrogen-bond donors (Lipinski definition) is 1. The molecule has 20 heavy (non-hydrogen) atoms. The molecule has 0 atom stereocenters. The molecule has 0 saturated carbocycles. The second-order valence-electron chi connectivity index (χ2n) is 4.94. The third-order valence-corrected chi connectivity index (χ3v) is 3.20. The standard InChI is InChI=1S/C16H23N3O/c1-4-7-17-11-15-6-5-8-19(15)12-14-10-16(20-3)9-13(2)18-14/h5-6,8-10,17H,4,7,11-12H2,1-3H3. The van der Waals surface area contributed by atoms with E-state index in [1.807, 2.05) is 19.1 Å². The number of rotatable bonds is 7. The van der Waals surface area contributed by atoms with Gasteiger partial charge in [0.05, 0.1) is 19.3 Å². The molecule has 4 nitrogen and oxygen atoms in total. The molecule has 0 aliphatic rings. The average Bonchev–Trinajstić information content (AvgIpc) is 2.86. The minimum absolute atomic E-state index is 0.772. The van der Waals surface area contributed by atoms with E-state index in [0.717, 1.165) is 43.2 Å². The summed E-state index contributed by atoms with van der Waals surface area (Å²) in [6, 6.07) is 8.17. The summed E-state index contributed by atoms with van der Waals surface area (Å²) >= 11 is 0. The van der Waals surface area contributed by atoms with Gasteiger partial charge in [0.25, 0.3) is 0 Å². The van der Waals surface area contributed by atoms with Crippen molar-refractivity contribution in [2.24, 2.45) is 0 Å². The Kier molecular flexibility index (Phi) is 5.18. The monoisotopic (exact) mass is 273 g/mol. The van der Waals surface area contributed by atoms with E-state index in [1.165, 1.54) is 5.69 Å². The van der Waals surface area contributed by atoms with Crippen molar-refractivity contribution < 1.29 is 4.74 Å². The van der Waals surface area contributed by atoms with E-state index in [2.05, 4.69) is 40.1 Å². The van der Waals surface area contributed by atoms with E-state index in [1.54, 1.807) is 7.11 Å². The van der Waals surface area contributed by atoms with Gasteiger partial charge < -0.3 is 14.6 Å². The molecule has 0 unspecified atom stereocenters. The SMILES string of the molecule is CCCNCc1cccn1Cc1cc(OC)cc(C)n1. The molecule has 0 radical (unpaired) electrons. The van der Waals surface area contributed by atoms with Crippen molar-refractivity contribution in [1.29, 1.82) is 0 Å². The smallest absolute Gasteiger partial charge is 0.122 e. The largest absolute Gasteiger partial charge is 0.497 e. The molecule has 0 aliphatic carbocycles. The van der Waals surface area contributed by atoms with Crippen LogP contribution in [0.4, 0.5) is 0 Å². The number of pyridine rings is 1. The number of methoxy groups -OCH3 is 1. The van der Waals surface area contributed by atoms with Crippen LogP contribution in [0.3, 0.4) is 0 Å². The van der Waals surface area contributed by atoms with Crippen molar-refractivity contribution in [3.8, 4) is 5.75 Å². The molecule has 2 aromatic rings. The minimum atomic E-state index is 0.772. The molecule has 4 heteroatoms. The Bertz CT molecular complexity index is 548. The molecule has 0 bridgehead atoms. The highest BCUT2D eigenvalue weighted by Gasteiger charge is 2.05. The first-order valence-corrected chi connectivity index (χ1v) is 7.09. The number of nitrogens with one attached hydrogen (secondary N) is 1. The summed E-state index contributed by atoms with van der Waals surface area (Å²) in [6.07, 6.45) is 3.25. The summed E-state index contributed by atoms with van der Waals surface area (Å²) < 4.78 is 7.53. The van der Waals surface area contributed by atoms with E-state index in [-0.39, 0.29) is 0 Å². The van der Waals surface area contributed by atoms with Crippen molar-refractivity contribution in [2.75, 3.05) is 13.7 Å². The molecule has 108 valence electrons. The van der Waals surface area contributed by atoms with Crippen molar-refractivity contribution in [2.45, 2.75) is 33.4 Å². The minimum Gasteiger partial charge on any atom is -0.497 e. The van der Waals surface area contributed by atoms with Crippen LogP contribution in [0.2, 0.25) is 0 Å². The Morgan fingerprint density at radius 2 is 2.20 bits per heavy atom. The molecule has 2 heterocycles. The first-order valence-electron chi connectivity index (χ1n) is 7.09. The summed E-state index contributed by atoms with van der Waals surface area (Å²) in [4.78, 5) is 4.57. The fraction of sp³-hybridized carbons (Fsp3) is 0.438. The third kappa shape index (κ3) is 3.84. The summed E-state index contributed by atoms with van der Waals surface area (Å²) in [6.45, 7) is 6.88. The lowest BCUT2D eigenvalue weighted by Gasteiger charge is -2.11. The van der Waals surface area contributed by atoms with E-state index < -0.39 is 0 Å². The number of aromatic nitrogens is 2. The topological polar surface area (TPSA) is 39.1 Å². The molecule has 2 rings (SSSR count). The Balaban J connectivity index is 2.10. The molecule has 0 aliphatic heterocycles. The van der Waals surface area contributed by atoms with Gasteiger partial charge in [0.15, 0.2) is 0 Å². The summed E-state index contributed by atoms with van der Waals surface area (Å²) in [5, 5.41) is 3.43. The highest BCUT2D eigenvalue weighted by molar-refractivity contribution is 5.27. The van der Waals surface area contributed by atoms with Crippen molar-refractivity contribution in [3.05, 3.63) is 47.5 Å². The first-order chi connectivity index (χ1) is 9.72. The normalized spacial score (nSPS) is 10.8. The van der Waals surface area contributed by atoms with E-state index >= 15 is 0 Å². The molecule has 0 fully saturated rings. The fourth-order valence-corrected chi connectivity index (χ4v) is 2.23. The molecule has 1 N–H and O–H groups in total.